The summed E-state index contributed by atoms with van der Waals surface area (Å²) in [5, 5.41) is 5.15. The number of amides is 1. The number of nitrogens with zero attached hydrogens (tertiary/aromatic N) is 1. The molecule has 0 saturated heterocycles. The van der Waals surface area contributed by atoms with Crippen LogP contribution in [-0.4, -0.2) is 17.1 Å². The van der Waals surface area contributed by atoms with Crippen LogP contribution in [-0.2, 0) is 0 Å². The van der Waals surface area contributed by atoms with E-state index < -0.39 is 0 Å². The molecule has 1 heterocycles. The van der Waals surface area contributed by atoms with Crippen molar-refractivity contribution < 1.29 is 4.79 Å². The van der Waals surface area contributed by atoms with Gasteiger partial charge in [-0.05, 0) is 37.3 Å². The number of aryl methyl sites for hydroxylation is 1. The molecule has 1 aromatic heterocycles. The maximum absolute atomic E-state index is 12.0. The molecule has 0 bridgehead atoms. The first-order valence-electron chi connectivity index (χ1n) is 6.81. The predicted octanol–water partition coefficient (Wildman–Crippen LogP) is 4.00. The lowest BCUT2D eigenvalue weighted by Crippen LogP contribution is -2.17. The quantitative estimate of drug-likeness (QED) is 0.541. The third-order valence-corrected chi connectivity index (χ3v) is 3.94. The molecule has 0 aliphatic heterocycles. The number of nitrogens with one attached hydrogen (secondary N) is 2. The highest BCUT2D eigenvalue weighted by atomic mass is 79.9. The normalized spacial score (nSPS) is 11.2. The van der Waals surface area contributed by atoms with Crippen LogP contribution in [0, 0.1) is 6.92 Å². The van der Waals surface area contributed by atoms with Crippen molar-refractivity contribution in [1.82, 2.24) is 10.4 Å². The van der Waals surface area contributed by atoms with E-state index >= 15 is 0 Å². The van der Waals surface area contributed by atoms with E-state index in [4.69, 9.17) is 0 Å². The first-order valence-corrected chi connectivity index (χ1v) is 7.61. The monoisotopic (exact) mass is 355 g/mol. The summed E-state index contributed by atoms with van der Waals surface area (Å²) in [6.45, 7) is 1.98. The smallest absolute Gasteiger partial charge is 0.271 e. The van der Waals surface area contributed by atoms with E-state index in [1.54, 1.807) is 18.3 Å². The fourth-order valence-electron chi connectivity index (χ4n) is 2.29. The maximum atomic E-state index is 12.0. The van der Waals surface area contributed by atoms with Gasteiger partial charge in [0.25, 0.3) is 5.91 Å². The maximum Gasteiger partial charge on any atom is 0.271 e. The van der Waals surface area contributed by atoms with Crippen LogP contribution in [0.2, 0.25) is 0 Å². The summed E-state index contributed by atoms with van der Waals surface area (Å²) in [6, 6.07) is 15.1. The van der Waals surface area contributed by atoms with Gasteiger partial charge in [0, 0.05) is 32.2 Å². The standard InChI is InChI=1S/C17H14BrN3O/c1-11-15(14-4-2-3-5-16(14)20-11)10-19-21-17(22)12-6-8-13(18)9-7-12/h2-10,20H,1H3,(H,21,22)/b19-10+. The number of hydrogen-bond acceptors (Lipinski definition) is 2. The molecule has 0 saturated carbocycles. The second kappa shape index (κ2) is 6.15. The summed E-state index contributed by atoms with van der Waals surface area (Å²) in [5.74, 6) is -0.235. The molecule has 0 radical (unpaired) electrons. The van der Waals surface area contributed by atoms with Crippen LogP contribution >= 0.6 is 15.9 Å². The lowest BCUT2D eigenvalue weighted by molar-refractivity contribution is 0.0955. The fourth-order valence-corrected chi connectivity index (χ4v) is 2.55. The van der Waals surface area contributed by atoms with Gasteiger partial charge in [-0.3, -0.25) is 4.79 Å². The highest BCUT2D eigenvalue weighted by Gasteiger charge is 2.06. The Labute approximate surface area is 136 Å². The van der Waals surface area contributed by atoms with Crippen LogP contribution in [0.3, 0.4) is 0 Å². The summed E-state index contributed by atoms with van der Waals surface area (Å²) >= 11 is 3.34. The molecule has 2 N–H and O–H groups in total. The van der Waals surface area contributed by atoms with Crippen molar-refractivity contribution in [2.75, 3.05) is 0 Å². The van der Waals surface area contributed by atoms with E-state index in [0.29, 0.717) is 5.56 Å². The number of rotatable bonds is 3. The molecule has 2 aromatic carbocycles. The van der Waals surface area contributed by atoms with Crippen molar-refractivity contribution >= 4 is 39.0 Å². The number of fused-ring (bicyclic) bond motifs is 1. The second-order valence-corrected chi connectivity index (χ2v) is 5.83. The van der Waals surface area contributed by atoms with E-state index in [2.05, 4.69) is 31.4 Å². The number of hydrazone groups is 1. The SMILES string of the molecule is Cc1[nH]c2ccccc2c1/C=N/NC(=O)c1ccc(Br)cc1. The number of carbonyl (C=O) groups excluding carboxylic acids is 1. The van der Waals surface area contributed by atoms with Gasteiger partial charge in [-0.1, -0.05) is 34.1 Å². The molecular formula is C17H14BrN3O. The number of H-pyrrole nitrogens is 1. The molecule has 0 aliphatic rings. The molecule has 0 unspecified atom stereocenters. The van der Waals surface area contributed by atoms with Crippen LogP contribution < -0.4 is 5.43 Å². The minimum Gasteiger partial charge on any atom is -0.358 e. The number of carbonyl (C=O) groups is 1. The first kappa shape index (κ1) is 14.5. The Morgan fingerprint density at radius 3 is 2.68 bits per heavy atom. The van der Waals surface area contributed by atoms with E-state index in [9.17, 15) is 4.79 Å². The lowest BCUT2D eigenvalue weighted by atomic mass is 10.1. The van der Waals surface area contributed by atoms with Gasteiger partial charge in [-0.25, -0.2) is 5.43 Å². The van der Waals surface area contributed by atoms with Crippen LogP contribution in [0.25, 0.3) is 10.9 Å². The summed E-state index contributed by atoms with van der Waals surface area (Å²) < 4.78 is 0.932. The van der Waals surface area contributed by atoms with Gasteiger partial charge in [-0.2, -0.15) is 5.10 Å². The molecule has 3 aromatic rings. The van der Waals surface area contributed by atoms with Gasteiger partial charge in [0.15, 0.2) is 0 Å². The van der Waals surface area contributed by atoms with E-state index in [-0.39, 0.29) is 5.91 Å². The van der Waals surface area contributed by atoms with Gasteiger partial charge in [0.05, 0.1) is 6.21 Å². The molecule has 0 fully saturated rings. The number of aromatic amines is 1. The molecule has 3 rings (SSSR count). The van der Waals surface area contributed by atoms with Crippen molar-refractivity contribution in [2.45, 2.75) is 6.92 Å². The van der Waals surface area contributed by atoms with E-state index in [0.717, 1.165) is 26.6 Å². The topological polar surface area (TPSA) is 57.2 Å². The second-order valence-electron chi connectivity index (χ2n) is 4.92. The number of aromatic nitrogens is 1. The molecule has 22 heavy (non-hydrogen) atoms. The number of halogens is 1. The third kappa shape index (κ3) is 2.94. The predicted molar refractivity (Wildman–Crippen MR) is 92.2 cm³/mol. The fraction of sp³-hybridized carbons (Fsp3) is 0.0588. The van der Waals surface area contributed by atoms with E-state index in [1.807, 2.05) is 43.3 Å². The highest BCUT2D eigenvalue weighted by molar-refractivity contribution is 9.10. The Morgan fingerprint density at radius 1 is 1.18 bits per heavy atom. The third-order valence-electron chi connectivity index (χ3n) is 3.41. The zero-order valence-corrected chi connectivity index (χ0v) is 13.5. The number of benzene rings is 2. The van der Waals surface area contributed by atoms with E-state index in [1.165, 1.54) is 0 Å². The van der Waals surface area contributed by atoms with Crippen LogP contribution in [0.1, 0.15) is 21.6 Å². The summed E-state index contributed by atoms with van der Waals surface area (Å²) in [6.07, 6.45) is 1.67. The Hall–Kier alpha value is -2.40. The largest absolute Gasteiger partial charge is 0.358 e. The molecule has 5 heteroatoms. The van der Waals surface area contributed by atoms with Crippen molar-refractivity contribution in [3.8, 4) is 0 Å². The summed E-state index contributed by atoms with van der Waals surface area (Å²) in [7, 11) is 0. The summed E-state index contributed by atoms with van der Waals surface area (Å²) in [4.78, 5) is 15.3. The van der Waals surface area contributed by atoms with Crippen LogP contribution in [0.5, 0.6) is 0 Å². The Balaban J connectivity index is 1.77. The Bertz CT molecular complexity index is 850. The highest BCUT2D eigenvalue weighted by Crippen LogP contribution is 2.19. The van der Waals surface area contributed by atoms with Gasteiger partial charge >= 0.3 is 0 Å². The van der Waals surface area contributed by atoms with Crippen molar-refractivity contribution in [1.29, 1.82) is 0 Å². The molecule has 0 spiro atoms. The number of hydrogen-bond donors (Lipinski definition) is 2. The van der Waals surface area contributed by atoms with Crippen LogP contribution in [0.4, 0.5) is 0 Å². The Kier molecular flexibility index (Phi) is 4.06. The van der Waals surface area contributed by atoms with Gasteiger partial charge in [0.1, 0.15) is 0 Å². The minimum absolute atomic E-state index is 0.235. The molecule has 0 aliphatic carbocycles. The summed E-state index contributed by atoms with van der Waals surface area (Å²) in [5.41, 5.74) is 6.17. The molecule has 110 valence electrons. The molecule has 0 atom stereocenters. The lowest BCUT2D eigenvalue weighted by Gasteiger charge is -2.00. The molecule has 4 nitrogen and oxygen atoms in total. The van der Waals surface area contributed by atoms with Crippen molar-refractivity contribution in [2.24, 2.45) is 5.10 Å². The molecular weight excluding hydrogens is 342 g/mol. The zero-order chi connectivity index (χ0) is 15.5. The molecule has 1 amide bonds. The first-order chi connectivity index (χ1) is 10.6. The Morgan fingerprint density at radius 2 is 1.91 bits per heavy atom. The van der Waals surface area contributed by atoms with Gasteiger partial charge < -0.3 is 4.98 Å². The van der Waals surface area contributed by atoms with Gasteiger partial charge in [-0.15, -0.1) is 0 Å². The van der Waals surface area contributed by atoms with Gasteiger partial charge in [0.2, 0.25) is 0 Å². The average molecular weight is 356 g/mol. The van der Waals surface area contributed by atoms with Crippen LogP contribution in [0.15, 0.2) is 58.1 Å². The van der Waals surface area contributed by atoms with Crippen molar-refractivity contribution in [3.63, 3.8) is 0 Å². The van der Waals surface area contributed by atoms with Crippen molar-refractivity contribution in [3.05, 3.63) is 69.8 Å². The zero-order valence-electron chi connectivity index (χ0n) is 11.9. The average Bonchev–Trinajstić information content (AvgIpc) is 2.84. The number of para-hydroxylation sites is 1. The minimum atomic E-state index is -0.235.